The Balaban J connectivity index is 1.50. The van der Waals surface area contributed by atoms with E-state index in [9.17, 15) is 0 Å². The summed E-state index contributed by atoms with van der Waals surface area (Å²) in [6, 6.07) is 18.2. The number of anilines is 2. The lowest BCUT2D eigenvalue weighted by molar-refractivity contribution is 0.576. The van der Waals surface area contributed by atoms with Gasteiger partial charge in [-0.15, -0.1) is 0 Å². The number of hydrogen-bond acceptors (Lipinski definition) is 2. The van der Waals surface area contributed by atoms with E-state index in [0.717, 1.165) is 6.42 Å². The number of nitrogens with zero attached hydrogens (tertiary/aromatic N) is 2. The van der Waals surface area contributed by atoms with Gasteiger partial charge in [-0.05, 0) is 67.9 Å². The standard InChI is InChI=1S/C22H28N2/c1-4-16-24(17-5-1)22-9-3-2-8-20(22)18-19-10-12-21(13-11-19)23-14-6-7-15-23/h2-3,8-13H,1,4-7,14-18H2. The van der Waals surface area contributed by atoms with E-state index in [0.29, 0.717) is 0 Å². The summed E-state index contributed by atoms with van der Waals surface area (Å²) in [6.07, 6.45) is 7.76. The van der Waals surface area contributed by atoms with Gasteiger partial charge in [0.15, 0.2) is 0 Å². The van der Waals surface area contributed by atoms with E-state index in [4.69, 9.17) is 0 Å². The highest BCUT2D eigenvalue weighted by molar-refractivity contribution is 5.56. The minimum absolute atomic E-state index is 1.03. The molecule has 2 nitrogen and oxygen atoms in total. The highest BCUT2D eigenvalue weighted by Gasteiger charge is 2.15. The molecule has 126 valence electrons. The molecule has 2 aliphatic heterocycles. The van der Waals surface area contributed by atoms with E-state index in [2.05, 4.69) is 58.3 Å². The van der Waals surface area contributed by atoms with Gasteiger partial charge in [0, 0.05) is 37.6 Å². The Bertz CT molecular complexity index is 650. The molecule has 0 saturated carbocycles. The average Bonchev–Trinajstić information content (AvgIpc) is 3.18. The van der Waals surface area contributed by atoms with Crippen LogP contribution >= 0.6 is 0 Å². The fourth-order valence-corrected chi connectivity index (χ4v) is 4.12. The highest BCUT2D eigenvalue weighted by atomic mass is 15.1. The van der Waals surface area contributed by atoms with Crippen LogP contribution in [0, 0.1) is 0 Å². The van der Waals surface area contributed by atoms with Crippen LogP contribution in [-0.2, 0) is 6.42 Å². The Morgan fingerprint density at radius 3 is 2.00 bits per heavy atom. The van der Waals surface area contributed by atoms with E-state index in [-0.39, 0.29) is 0 Å². The zero-order chi connectivity index (χ0) is 16.2. The molecular weight excluding hydrogens is 292 g/mol. The molecule has 0 aromatic heterocycles. The lowest BCUT2D eigenvalue weighted by Gasteiger charge is -2.30. The zero-order valence-electron chi connectivity index (χ0n) is 14.6. The van der Waals surface area contributed by atoms with Crippen LogP contribution in [0.4, 0.5) is 11.4 Å². The molecule has 0 aliphatic carbocycles. The minimum atomic E-state index is 1.03. The minimum Gasteiger partial charge on any atom is -0.372 e. The Hall–Kier alpha value is -1.96. The smallest absolute Gasteiger partial charge is 0.0402 e. The zero-order valence-corrected chi connectivity index (χ0v) is 14.6. The third-order valence-corrected chi connectivity index (χ3v) is 5.49. The highest BCUT2D eigenvalue weighted by Crippen LogP contribution is 2.27. The number of hydrogen-bond donors (Lipinski definition) is 0. The maximum absolute atomic E-state index is 2.58. The summed E-state index contributed by atoms with van der Waals surface area (Å²) in [5.41, 5.74) is 5.72. The van der Waals surface area contributed by atoms with Gasteiger partial charge in [0.1, 0.15) is 0 Å². The van der Waals surface area contributed by atoms with Crippen molar-refractivity contribution in [3.8, 4) is 0 Å². The van der Waals surface area contributed by atoms with Crippen LogP contribution in [0.5, 0.6) is 0 Å². The van der Waals surface area contributed by atoms with Crippen molar-refractivity contribution < 1.29 is 0 Å². The van der Waals surface area contributed by atoms with E-state index < -0.39 is 0 Å². The van der Waals surface area contributed by atoms with E-state index in [1.807, 2.05) is 0 Å². The van der Waals surface area contributed by atoms with Crippen molar-refractivity contribution in [2.24, 2.45) is 0 Å². The lowest BCUT2D eigenvalue weighted by Crippen LogP contribution is -2.30. The van der Waals surface area contributed by atoms with E-state index >= 15 is 0 Å². The lowest BCUT2D eigenvalue weighted by atomic mass is 10.0. The molecule has 2 heteroatoms. The van der Waals surface area contributed by atoms with Crippen molar-refractivity contribution in [1.82, 2.24) is 0 Å². The normalized spacial score (nSPS) is 18.2. The fraction of sp³-hybridized carbons (Fsp3) is 0.455. The van der Waals surface area contributed by atoms with Gasteiger partial charge in [-0.1, -0.05) is 30.3 Å². The number of para-hydroxylation sites is 1. The summed E-state index contributed by atoms with van der Waals surface area (Å²) in [7, 11) is 0. The van der Waals surface area contributed by atoms with Gasteiger partial charge in [0.2, 0.25) is 0 Å². The summed E-state index contributed by atoms with van der Waals surface area (Å²) >= 11 is 0. The summed E-state index contributed by atoms with van der Waals surface area (Å²) < 4.78 is 0. The predicted molar refractivity (Wildman–Crippen MR) is 103 cm³/mol. The van der Waals surface area contributed by atoms with Crippen LogP contribution < -0.4 is 9.80 Å². The SMILES string of the molecule is c1ccc(N2CCCCC2)c(Cc2ccc(N3CCCC3)cc2)c1. The van der Waals surface area contributed by atoms with Crippen LogP contribution in [0.15, 0.2) is 48.5 Å². The molecular formula is C22H28N2. The quantitative estimate of drug-likeness (QED) is 0.793. The number of piperidine rings is 1. The third kappa shape index (κ3) is 3.43. The number of benzene rings is 2. The first-order chi connectivity index (χ1) is 11.9. The molecule has 2 saturated heterocycles. The van der Waals surface area contributed by atoms with Crippen molar-refractivity contribution in [2.45, 2.75) is 38.5 Å². The van der Waals surface area contributed by atoms with Crippen LogP contribution in [0.1, 0.15) is 43.2 Å². The summed E-state index contributed by atoms with van der Waals surface area (Å²) in [4.78, 5) is 5.09. The first-order valence-electron chi connectivity index (χ1n) is 9.57. The summed E-state index contributed by atoms with van der Waals surface area (Å²) in [5, 5.41) is 0. The van der Waals surface area contributed by atoms with Crippen molar-refractivity contribution in [1.29, 1.82) is 0 Å². The van der Waals surface area contributed by atoms with Gasteiger partial charge in [-0.25, -0.2) is 0 Å². The van der Waals surface area contributed by atoms with E-state index in [1.165, 1.54) is 80.8 Å². The van der Waals surface area contributed by atoms with Crippen LogP contribution in [0.3, 0.4) is 0 Å². The molecule has 0 bridgehead atoms. The second-order valence-corrected chi connectivity index (χ2v) is 7.21. The average molecular weight is 320 g/mol. The molecule has 0 atom stereocenters. The van der Waals surface area contributed by atoms with Gasteiger partial charge in [0.05, 0.1) is 0 Å². The second-order valence-electron chi connectivity index (χ2n) is 7.21. The van der Waals surface area contributed by atoms with Crippen molar-refractivity contribution in [3.05, 3.63) is 59.7 Å². The first kappa shape index (κ1) is 15.6. The van der Waals surface area contributed by atoms with Crippen LogP contribution in [-0.4, -0.2) is 26.2 Å². The fourth-order valence-electron chi connectivity index (χ4n) is 4.12. The molecule has 0 N–H and O–H groups in total. The monoisotopic (exact) mass is 320 g/mol. The Morgan fingerprint density at radius 2 is 1.25 bits per heavy atom. The number of rotatable bonds is 4. The maximum Gasteiger partial charge on any atom is 0.0402 e. The Kier molecular flexibility index (Phi) is 4.73. The van der Waals surface area contributed by atoms with Crippen LogP contribution in [0.25, 0.3) is 0 Å². The summed E-state index contributed by atoms with van der Waals surface area (Å²) in [6.45, 7) is 4.87. The second kappa shape index (κ2) is 7.29. The van der Waals surface area contributed by atoms with Crippen molar-refractivity contribution in [2.75, 3.05) is 36.0 Å². The maximum atomic E-state index is 2.58. The molecule has 2 heterocycles. The van der Waals surface area contributed by atoms with Crippen molar-refractivity contribution in [3.63, 3.8) is 0 Å². The molecule has 0 spiro atoms. The summed E-state index contributed by atoms with van der Waals surface area (Å²) in [5.74, 6) is 0. The van der Waals surface area contributed by atoms with Crippen molar-refractivity contribution >= 4 is 11.4 Å². The molecule has 0 amide bonds. The molecule has 0 unspecified atom stereocenters. The predicted octanol–water partition coefficient (Wildman–Crippen LogP) is 4.87. The molecule has 4 rings (SSSR count). The third-order valence-electron chi connectivity index (χ3n) is 5.49. The molecule has 2 aliphatic rings. The van der Waals surface area contributed by atoms with Gasteiger partial charge < -0.3 is 9.80 Å². The van der Waals surface area contributed by atoms with E-state index in [1.54, 1.807) is 0 Å². The largest absolute Gasteiger partial charge is 0.372 e. The molecule has 0 radical (unpaired) electrons. The Morgan fingerprint density at radius 1 is 0.625 bits per heavy atom. The molecule has 2 aromatic carbocycles. The van der Waals surface area contributed by atoms with Crippen LogP contribution in [0.2, 0.25) is 0 Å². The van der Waals surface area contributed by atoms with Gasteiger partial charge in [-0.2, -0.15) is 0 Å². The topological polar surface area (TPSA) is 6.48 Å². The van der Waals surface area contributed by atoms with Gasteiger partial charge in [0.25, 0.3) is 0 Å². The van der Waals surface area contributed by atoms with Gasteiger partial charge in [-0.3, -0.25) is 0 Å². The molecule has 2 fully saturated rings. The first-order valence-corrected chi connectivity index (χ1v) is 9.57. The Labute approximate surface area is 146 Å². The molecule has 2 aromatic rings. The van der Waals surface area contributed by atoms with Gasteiger partial charge >= 0.3 is 0 Å². The molecule has 24 heavy (non-hydrogen) atoms.